The first-order chi connectivity index (χ1) is 8.69. The monoisotopic (exact) mass is 267 g/mol. The van der Waals surface area contributed by atoms with Crippen molar-refractivity contribution >= 4 is 28.1 Å². The molecule has 2 nitrogen and oxygen atoms in total. The number of halogens is 2. The van der Waals surface area contributed by atoms with Gasteiger partial charge in [0.05, 0.1) is 16.7 Å². The lowest BCUT2D eigenvalue weighted by molar-refractivity contribution is 0.609. The van der Waals surface area contributed by atoms with E-state index in [9.17, 15) is 4.39 Å². The molecule has 1 aromatic carbocycles. The first kappa shape index (κ1) is 13.1. The SMILES string of the molecule is C/C=C(\CNCC)c1coc2c(Cl)ccc(F)c12. The largest absolute Gasteiger partial charge is 0.462 e. The number of nitrogens with one attached hydrogen (secondary N) is 1. The van der Waals surface area contributed by atoms with E-state index in [1.165, 1.54) is 12.1 Å². The van der Waals surface area contributed by atoms with Crippen molar-refractivity contribution in [3.8, 4) is 0 Å². The Morgan fingerprint density at radius 1 is 1.50 bits per heavy atom. The molecule has 0 aliphatic rings. The zero-order chi connectivity index (χ0) is 13.1. The number of likely N-dealkylation sites (N-methyl/N-ethyl adjacent to an activating group) is 1. The zero-order valence-electron chi connectivity index (χ0n) is 10.4. The molecule has 0 aliphatic carbocycles. The zero-order valence-corrected chi connectivity index (χ0v) is 11.1. The molecule has 1 aromatic heterocycles. The summed E-state index contributed by atoms with van der Waals surface area (Å²) in [6.07, 6.45) is 3.51. The molecule has 0 radical (unpaired) electrons. The summed E-state index contributed by atoms with van der Waals surface area (Å²) < 4.78 is 19.3. The van der Waals surface area contributed by atoms with E-state index in [0.29, 0.717) is 22.5 Å². The fourth-order valence-corrected chi connectivity index (χ4v) is 2.13. The highest BCUT2D eigenvalue weighted by Crippen LogP contribution is 2.33. The molecule has 2 rings (SSSR count). The molecule has 96 valence electrons. The number of allylic oxidation sites excluding steroid dienone is 1. The van der Waals surface area contributed by atoms with Crippen molar-refractivity contribution in [1.82, 2.24) is 5.32 Å². The van der Waals surface area contributed by atoms with Crippen LogP contribution in [0, 0.1) is 5.82 Å². The number of rotatable bonds is 4. The molecular weight excluding hydrogens is 253 g/mol. The highest BCUT2D eigenvalue weighted by Gasteiger charge is 2.16. The molecule has 2 aromatic rings. The van der Waals surface area contributed by atoms with Gasteiger partial charge in [0.25, 0.3) is 0 Å². The van der Waals surface area contributed by atoms with Crippen molar-refractivity contribution in [1.29, 1.82) is 0 Å². The number of furan rings is 1. The third kappa shape index (κ3) is 2.28. The Labute approximate surface area is 110 Å². The van der Waals surface area contributed by atoms with E-state index in [1.807, 2.05) is 19.9 Å². The molecule has 1 N–H and O–H groups in total. The average Bonchev–Trinajstić information content (AvgIpc) is 2.81. The minimum atomic E-state index is -0.311. The van der Waals surface area contributed by atoms with Gasteiger partial charge < -0.3 is 9.73 Å². The first-order valence-corrected chi connectivity index (χ1v) is 6.28. The van der Waals surface area contributed by atoms with Crippen LogP contribution < -0.4 is 5.32 Å². The van der Waals surface area contributed by atoms with Gasteiger partial charge in [0.15, 0.2) is 5.58 Å². The second-order valence-electron chi connectivity index (χ2n) is 3.98. The highest BCUT2D eigenvalue weighted by molar-refractivity contribution is 6.35. The van der Waals surface area contributed by atoms with Gasteiger partial charge in [-0.15, -0.1) is 0 Å². The van der Waals surface area contributed by atoms with Crippen LogP contribution in [0.25, 0.3) is 16.5 Å². The molecule has 0 saturated carbocycles. The summed E-state index contributed by atoms with van der Waals surface area (Å²) in [5.41, 5.74) is 2.16. The lowest BCUT2D eigenvalue weighted by Crippen LogP contribution is -2.15. The Bertz CT molecular complexity index is 589. The van der Waals surface area contributed by atoms with Crippen LogP contribution in [0.4, 0.5) is 4.39 Å². The van der Waals surface area contributed by atoms with Crippen molar-refractivity contribution in [2.75, 3.05) is 13.1 Å². The van der Waals surface area contributed by atoms with Crippen molar-refractivity contribution in [3.63, 3.8) is 0 Å². The van der Waals surface area contributed by atoms with Crippen LogP contribution >= 0.6 is 11.6 Å². The van der Waals surface area contributed by atoms with Gasteiger partial charge in [-0.3, -0.25) is 0 Å². The molecule has 0 bridgehead atoms. The van der Waals surface area contributed by atoms with Crippen LogP contribution in [0.15, 0.2) is 28.9 Å². The molecule has 0 spiro atoms. The average molecular weight is 268 g/mol. The van der Waals surface area contributed by atoms with E-state index >= 15 is 0 Å². The summed E-state index contributed by atoms with van der Waals surface area (Å²) in [7, 11) is 0. The molecule has 0 atom stereocenters. The Hall–Kier alpha value is -1.32. The number of hydrogen-bond donors (Lipinski definition) is 1. The molecule has 0 fully saturated rings. The smallest absolute Gasteiger partial charge is 0.156 e. The van der Waals surface area contributed by atoms with E-state index < -0.39 is 0 Å². The summed E-state index contributed by atoms with van der Waals surface area (Å²) in [6.45, 7) is 5.48. The van der Waals surface area contributed by atoms with Gasteiger partial charge in [-0.2, -0.15) is 0 Å². The van der Waals surface area contributed by atoms with Gasteiger partial charge in [-0.05, 0) is 31.2 Å². The summed E-state index contributed by atoms with van der Waals surface area (Å²) in [5.74, 6) is -0.311. The molecule has 4 heteroatoms. The molecule has 18 heavy (non-hydrogen) atoms. The third-order valence-corrected chi connectivity index (χ3v) is 3.18. The van der Waals surface area contributed by atoms with E-state index in [1.54, 1.807) is 6.26 Å². The van der Waals surface area contributed by atoms with E-state index in [0.717, 1.165) is 17.7 Å². The van der Waals surface area contributed by atoms with Crippen LogP contribution in [0.2, 0.25) is 5.02 Å². The van der Waals surface area contributed by atoms with Crippen LogP contribution in [0.5, 0.6) is 0 Å². The highest BCUT2D eigenvalue weighted by atomic mass is 35.5. The Balaban J connectivity index is 2.54. The number of benzene rings is 1. The fraction of sp³-hybridized carbons (Fsp3) is 0.286. The van der Waals surface area contributed by atoms with Gasteiger partial charge >= 0.3 is 0 Å². The molecule has 0 saturated heterocycles. The predicted octanol–water partition coefficient (Wildman–Crippen LogP) is 4.24. The molecular formula is C14H15ClFNO. The lowest BCUT2D eigenvalue weighted by atomic mass is 10.0. The minimum Gasteiger partial charge on any atom is -0.462 e. The topological polar surface area (TPSA) is 25.2 Å². The summed E-state index contributed by atoms with van der Waals surface area (Å²) in [6, 6.07) is 2.87. The maximum Gasteiger partial charge on any atom is 0.156 e. The van der Waals surface area contributed by atoms with Crippen molar-refractivity contribution < 1.29 is 8.81 Å². The standard InChI is InChI=1S/C14H15ClFNO/c1-3-9(7-17-4-2)10-8-18-14-11(15)5-6-12(16)13(10)14/h3,5-6,8,17H,4,7H2,1-2H3/b9-3+. The van der Waals surface area contributed by atoms with Crippen molar-refractivity contribution in [3.05, 3.63) is 40.9 Å². The van der Waals surface area contributed by atoms with Crippen molar-refractivity contribution in [2.24, 2.45) is 0 Å². The normalized spacial score (nSPS) is 12.3. The van der Waals surface area contributed by atoms with Crippen LogP contribution in [-0.4, -0.2) is 13.1 Å². The Kier molecular flexibility index (Phi) is 4.04. The Morgan fingerprint density at radius 2 is 2.28 bits per heavy atom. The molecule has 0 amide bonds. The van der Waals surface area contributed by atoms with E-state index in [-0.39, 0.29) is 5.82 Å². The van der Waals surface area contributed by atoms with Crippen molar-refractivity contribution in [2.45, 2.75) is 13.8 Å². The molecule has 0 aliphatic heterocycles. The van der Waals surface area contributed by atoms with Gasteiger partial charge in [-0.25, -0.2) is 4.39 Å². The molecule has 0 unspecified atom stereocenters. The third-order valence-electron chi connectivity index (χ3n) is 2.88. The van der Waals surface area contributed by atoms with Crippen LogP contribution in [0.3, 0.4) is 0 Å². The second kappa shape index (κ2) is 5.55. The maximum atomic E-state index is 13.9. The predicted molar refractivity (Wildman–Crippen MR) is 73.4 cm³/mol. The summed E-state index contributed by atoms with van der Waals surface area (Å²) in [5, 5.41) is 4.10. The minimum absolute atomic E-state index is 0.311. The first-order valence-electron chi connectivity index (χ1n) is 5.90. The molecule has 1 heterocycles. The number of fused-ring (bicyclic) bond motifs is 1. The van der Waals surface area contributed by atoms with E-state index in [4.69, 9.17) is 16.0 Å². The van der Waals surface area contributed by atoms with Crippen LogP contribution in [-0.2, 0) is 0 Å². The number of hydrogen-bond acceptors (Lipinski definition) is 2. The Morgan fingerprint density at radius 3 is 2.94 bits per heavy atom. The van der Waals surface area contributed by atoms with E-state index in [2.05, 4.69) is 5.32 Å². The second-order valence-corrected chi connectivity index (χ2v) is 4.38. The summed E-state index contributed by atoms with van der Waals surface area (Å²) in [4.78, 5) is 0. The maximum absolute atomic E-state index is 13.9. The lowest BCUT2D eigenvalue weighted by Gasteiger charge is -2.06. The quantitative estimate of drug-likeness (QED) is 0.896. The van der Waals surface area contributed by atoms with Gasteiger partial charge in [0, 0.05) is 12.1 Å². The van der Waals surface area contributed by atoms with Gasteiger partial charge in [-0.1, -0.05) is 24.6 Å². The van der Waals surface area contributed by atoms with Gasteiger partial charge in [0.2, 0.25) is 0 Å². The summed E-state index contributed by atoms with van der Waals surface area (Å²) >= 11 is 6.00. The van der Waals surface area contributed by atoms with Gasteiger partial charge in [0.1, 0.15) is 5.82 Å². The fourth-order valence-electron chi connectivity index (χ4n) is 1.92. The van der Waals surface area contributed by atoms with Crippen LogP contribution in [0.1, 0.15) is 19.4 Å².